The Bertz CT molecular complexity index is 669. The van der Waals surface area contributed by atoms with Crippen molar-refractivity contribution in [2.24, 2.45) is 0 Å². The van der Waals surface area contributed by atoms with Crippen molar-refractivity contribution < 1.29 is 14.3 Å². The van der Waals surface area contributed by atoms with Crippen LogP contribution in [0.25, 0.3) is 0 Å². The standard InChI is InChI=1S/C17H20N2O3/c1-11(2)22-15-7-5-4-6-13(15)17(20)19-14-9-8-12(18)10-16(14)21-3/h4-11H,18H2,1-3H3,(H,19,20). The topological polar surface area (TPSA) is 73.6 Å². The predicted molar refractivity (Wildman–Crippen MR) is 87.6 cm³/mol. The van der Waals surface area contributed by atoms with Gasteiger partial charge in [0.1, 0.15) is 11.5 Å². The summed E-state index contributed by atoms with van der Waals surface area (Å²) in [5, 5.41) is 2.82. The quantitative estimate of drug-likeness (QED) is 0.831. The molecule has 0 saturated heterocycles. The third-order valence-electron chi connectivity index (χ3n) is 2.97. The molecule has 0 unspecified atom stereocenters. The van der Waals surface area contributed by atoms with Crippen molar-refractivity contribution >= 4 is 17.3 Å². The monoisotopic (exact) mass is 300 g/mol. The lowest BCUT2D eigenvalue weighted by Gasteiger charge is -2.15. The Morgan fingerprint density at radius 2 is 1.86 bits per heavy atom. The van der Waals surface area contributed by atoms with E-state index >= 15 is 0 Å². The molecule has 116 valence electrons. The summed E-state index contributed by atoms with van der Waals surface area (Å²) in [6, 6.07) is 12.2. The Labute approximate surface area is 130 Å². The van der Waals surface area contributed by atoms with E-state index in [9.17, 15) is 4.79 Å². The lowest BCUT2D eigenvalue weighted by Crippen LogP contribution is -2.16. The molecule has 2 aromatic rings. The Morgan fingerprint density at radius 3 is 2.55 bits per heavy atom. The van der Waals surface area contributed by atoms with Crippen molar-refractivity contribution in [3.05, 3.63) is 48.0 Å². The van der Waals surface area contributed by atoms with Crippen LogP contribution in [-0.4, -0.2) is 19.1 Å². The van der Waals surface area contributed by atoms with Crippen LogP contribution in [0.1, 0.15) is 24.2 Å². The Balaban J connectivity index is 2.26. The minimum atomic E-state index is -0.265. The van der Waals surface area contributed by atoms with Crippen LogP contribution in [0.2, 0.25) is 0 Å². The highest BCUT2D eigenvalue weighted by atomic mass is 16.5. The molecule has 0 aliphatic carbocycles. The molecule has 2 rings (SSSR count). The van der Waals surface area contributed by atoms with E-state index in [1.54, 1.807) is 36.4 Å². The van der Waals surface area contributed by atoms with Crippen molar-refractivity contribution in [1.29, 1.82) is 0 Å². The fraction of sp³-hybridized carbons (Fsp3) is 0.235. The van der Waals surface area contributed by atoms with E-state index in [0.717, 1.165) is 0 Å². The minimum Gasteiger partial charge on any atom is -0.494 e. The summed E-state index contributed by atoms with van der Waals surface area (Å²) in [5.41, 5.74) is 7.30. The number of carbonyl (C=O) groups is 1. The SMILES string of the molecule is COc1cc(N)ccc1NC(=O)c1ccccc1OC(C)C. The van der Waals surface area contributed by atoms with Gasteiger partial charge in [-0.2, -0.15) is 0 Å². The van der Waals surface area contributed by atoms with Crippen LogP contribution in [0.15, 0.2) is 42.5 Å². The lowest BCUT2D eigenvalue weighted by atomic mass is 10.1. The van der Waals surface area contributed by atoms with E-state index in [0.29, 0.717) is 28.4 Å². The number of hydrogen-bond donors (Lipinski definition) is 2. The van der Waals surface area contributed by atoms with Crippen LogP contribution in [0, 0.1) is 0 Å². The van der Waals surface area contributed by atoms with Crippen LogP contribution in [-0.2, 0) is 0 Å². The number of nitrogens with two attached hydrogens (primary N) is 1. The van der Waals surface area contributed by atoms with Crippen molar-refractivity contribution in [3.63, 3.8) is 0 Å². The molecule has 5 heteroatoms. The fourth-order valence-corrected chi connectivity index (χ4v) is 2.01. The van der Waals surface area contributed by atoms with Gasteiger partial charge in [-0.1, -0.05) is 12.1 Å². The zero-order chi connectivity index (χ0) is 16.1. The first-order chi connectivity index (χ1) is 10.5. The number of hydrogen-bond acceptors (Lipinski definition) is 4. The maximum atomic E-state index is 12.5. The van der Waals surface area contributed by atoms with Crippen LogP contribution in [0.3, 0.4) is 0 Å². The van der Waals surface area contributed by atoms with Gasteiger partial charge >= 0.3 is 0 Å². The van der Waals surface area contributed by atoms with Gasteiger partial charge in [-0.25, -0.2) is 0 Å². The number of carbonyl (C=O) groups excluding carboxylic acids is 1. The zero-order valence-corrected chi connectivity index (χ0v) is 12.9. The fourth-order valence-electron chi connectivity index (χ4n) is 2.01. The van der Waals surface area contributed by atoms with E-state index in [1.807, 2.05) is 19.9 Å². The molecule has 0 atom stereocenters. The Kier molecular flexibility index (Phi) is 4.88. The normalized spacial score (nSPS) is 10.4. The number of amides is 1. The highest BCUT2D eigenvalue weighted by Gasteiger charge is 2.15. The summed E-state index contributed by atoms with van der Waals surface area (Å²) in [6.07, 6.45) is -0.0139. The van der Waals surface area contributed by atoms with Gasteiger partial charge in [0.05, 0.1) is 24.5 Å². The molecule has 2 aromatic carbocycles. The third kappa shape index (κ3) is 3.69. The molecule has 0 radical (unpaired) electrons. The minimum absolute atomic E-state index is 0.0139. The van der Waals surface area contributed by atoms with Gasteiger partial charge in [-0.05, 0) is 38.1 Å². The van der Waals surface area contributed by atoms with Gasteiger partial charge in [0.2, 0.25) is 0 Å². The number of anilines is 2. The second kappa shape index (κ2) is 6.85. The van der Waals surface area contributed by atoms with Crippen molar-refractivity contribution in [2.45, 2.75) is 20.0 Å². The molecule has 0 aromatic heterocycles. The molecule has 3 N–H and O–H groups in total. The third-order valence-corrected chi connectivity index (χ3v) is 2.97. The summed E-state index contributed by atoms with van der Waals surface area (Å²) in [7, 11) is 1.53. The Morgan fingerprint density at radius 1 is 1.14 bits per heavy atom. The molecular weight excluding hydrogens is 280 g/mol. The van der Waals surface area contributed by atoms with E-state index in [1.165, 1.54) is 7.11 Å². The first-order valence-electron chi connectivity index (χ1n) is 7.02. The number of para-hydroxylation sites is 1. The van der Waals surface area contributed by atoms with E-state index in [-0.39, 0.29) is 12.0 Å². The Hall–Kier alpha value is -2.69. The summed E-state index contributed by atoms with van der Waals surface area (Å²) in [6.45, 7) is 3.83. The first-order valence-corrected chi connectivity index (χ1v) is 7.02. The van der Waals surface area contributed by atoms with Crippen molar-refractivity contribution in [3.8, 4) is 11.5 Å². The number of rotatable bonds is 5. The van der Waals surface area contributed by atoms with E-state index in [2.05, 4.69) is 5.32 Å². The highest BCUT2D eigenvalue weighted by molar-refractivity contribution is 6.07. The van der Waals surface area contributed by atoms with Gasteiger partial charge in [0.15, 0.2) is 0 Å². The molecule has 0 heterocycles. The molecular formula is C17H20N2O3. The second-order valence-electron chi connectivity index (χ2n) is 5.08. The number of benzene rings is 2. The molecule has 1 amide bonds. The first kappa shape index (κ1) is 15.7. The van der Waals surface area contributed by atoms with Crippen LogP contribution >= 0.6 is 0 Å². The highest BCUT2D eigenvalue weighted by Crippen LogP contribution is 2.28. The number of nitrogens with one attached hydrogen (secondary N) is 1. The molecule has 0 aliphatic heterocycles. The number of nitrogen functional groups attached to an aromatic ring is 1. The van der Waals surface area contributed by atoms with Gasteiger partial charge in [-0.15, -0.1) is 0 Å². The average Bonchev–Trinajstić information content (AvgIpc) is 2.48. The summed E-state index contributed by atoms with van der Waals surface area (Å²) < 4.78 is 10.9. The largest absolute Gasteiger partial charge is 0.494 e. The van der Waals surface area contributed by atoms with Crippen molar-refractivity contribution in [2.75, 3.05) is 18.2 Å². The zero-order valence-electron chi connectivity index (χ0n) is 12.9. The van der Waals surface area contributed by atoms with Gasteiger partial charge in [0.25, 0.3) is 5.91 Å². The van der Waals surface area contributed by atoms with Crippen LogP contribution in [0.4, 0.5) is 11.4 Å². The second-order valence-corrected chi connectivity index (χ2v) is 5.08. The number of methoxy groups -OCH3 is 1. The van der Waals surface area contributed by atoms with Gasteiger partial charge in [0, 0.05) is 11.8 Å². The molecule has 0 bridgehead atoms. The van der Waals surface area contributed by atoms with Crippen molar-refractivity contribution in [1.82, 2.24) is 0 Å². The predicted octanol–water partition coefficient (Wildman–Crippen LogP) is 3.32. The molecule has 0 saturated carbocycles. The van der Waals surface area contributed by atoms with Crippen LogP contribution in [0.5, 0.6) is 11.5 Å². The van der Waals surface area contributed by atoms with E-state index in [4.69, 9.17) is 15.2 Å². The summed E-state index contributed by atoms with van der Waals surface area (Å²) in [4.78, 5) is 12.5. The van der Waals surface area contributed by atoms with E-state index < -0.39 is 0 Å². The lowest BCUT2D eigenvalue weighted by molar-refractivity contribution is 0.102. The molecule has 5 nitrogen and oxygen atoms in total. The van der Waals surface area contributed by atoms with Gasteiger partial charge in [-0.3, -0.25) is 4.79 Å². The number of ether oxygens (including phenoxy) is 2. The molecule has 0 spiro atoms. The summed E-state index contributed by atoms with van der Waals surface area (Å²) in [5.74, 6) is 0.791. The van der Waals surface area contributed by atoms with Gasteiger partial charge < -0.3 is 20.5 Å². The maximum absolute atomic E-state index is 12.5. The smallest absolute Gasteiger partial charge is 0.259 e. The molecule has 22 heavy (non-hydrogen) atoms. The maximum Gasteiger partial charge on any atom is 0.259 e. The summed E-state index contributed by atoms with van der Waals surface area (Å²) >= 11 is 0. The average molecular weight is 300 g/mol. The molecule has 0 aliphatic rings. The molecule has 0 fully saturated rings. The van der Waals surface area contributed by atoms with Crippen LogP contribution < -0.4 is 20.5 Å².